The Labute approximate surface area is 144 Å². The SMILES string of the molecule is Cc1ccc(S(=O)(=O)NCCC(=O)N2CCOCC2(C)C)cc1C. The molecule has 1 N–H and O–H groups in total. The Morgan fingerprint density at radius 3 is 2.62 bits per heavy atom. The molecule has 0 aromatic heterocycles. The lowest BCUT2D eigenvalue weighted by atomic mass is 10.0. The summed E-state index contributed by atoms with van der Waals surface area (Å²) in [5, 5.41) is 0. The molecule has 6 nitrogen and oxygen atoms in total. The minimum atomic E-state index is -3.60. The molecule has 24 heavy (non-hydrogen) atoms. The van der Waals surface area contributed by atoms with E-state index in [-0.39, 0.29) is 29.3 Å². The van der Waals surface area contributed by atoms with Crippen molar-refractivity contribution in [2.24, 2.45) is 0 Å². The number of benzene rings is 1. The molecule has 0 atom stereocenters. The maximum Gasteiger partial charge on any atom is 0.240 e. The van der Waals surface area contributed by atoms with Crippen LogP contribution < -0.4 is 4.72 Å². The van der Waals surface area contributed by atoms with Crippen molar-refractivity contribution < 1.29 is 17.9 Å². The molecule has 1 fully saturated rings. The van der Waals surface area contributed by atoms with Crippen molar-refractivity contribution in [3.8, 4) is 0 Å². The first-order valence-corrected chi connectivity index (χ1v) is 9.57. The van der Waals surface area contributed by atoms with E-state index in [2.05, 4.69) is 4.72 Å². The Bertz CT molecular complexity index is 713. The number of sulfonamides is 1. The number of amides is 1. The van der Waals surface area contributed by atoms with Crippen molar-refractivity contribution in [3.63, 3.8) is 0 Å². The third-order valence-corrected chi connectivity index (χ3v) is 5.82. The number of rotatable bonds is 5. The minimum absolute atomic E-state index is 0.0638. The predicted octanol–water partition coefficient (Wildman–Crippen LogP) is 1.61. The zero-order chi connectivity index (χ0) is 18.0. The largest absolute Gasteiger partial charge is 0.377 e. The molecule has 1 aromatic rings. The number of hydrogen-bond donors (Lipinski definition) is 1. The quantitative estimate of drug-likeness (QED) is 0.872. The zero-order valence-corrected chi connectivity index (χ0v) is 15.6. The number of ether oxygens (including phenoxy) is 1. The highest BCUT2D eigenvalue weighted by Crippen LogP contribution is 2.20. The highest BCUT2D eigenvalue weighted by atomic mass is 32.2. The summed E-state index contributed by atoms with van der Waals surface area (Å²) in [6, 6.07) is 5.01. The molecule has 1 heterocycles. The molecule has 0 saturated carbocycles. The maximum atomic E-state index is 12.4. The molecule has 1 amide bonds. The van der Waals surface area contributed by atoms with Gasteiger partial charge < -0.3 is 9.64 Å². The summed E-state index contributed by atoms with van der Waals surface area (Å²) >= 11 is 0. The summed E-state index contributed by atoms with van der Waals surface area (Å²) < 4.78 is 32.6. The van der Waals surface area contributed by atoms with Crippen LogP contribution >= 0.6 is 0 Å². The van der Waals surface area contributed by atoms with E-state index in [1.54, 1.807) is 23.1 Å². The van der Waals surface area contributed by atoms with Gasteiger partial charge in [0.15, 0.2) is 0 Å². The second-order valence-electron chi connectivity index (χ2n) is 6.80. The van der Waals surface area contributed by atoms with Crippen LogP contribution in [0.3, 0.4) is 0 Å². The second kappa shape index (κ2) is 7.21. The van der Waals surface area contributed by atoms with Gasteiger partial charge in [0.25, 0.3) is 0 Å². The van der Waals surface area contributed by atoms with E-state index >= 15 is 0 Å². The van der Waals surface area contributed by atoms with Gasteiger partial charge in [-0.15, -0.1) is 0 Å². The summed E-state index contributed by atoms with van der Waals surface area (Å²) in [5.41, 5.74) is 1.60. The minimum Gasteiger partial charge on any atom is -0.377 e. The first-order valence-electron chi connectivity index (χ1n) is 8.09. The molecule has 1 aliphatic heterocycles. The van der Waals surface area contributed by atoms with Gasteiger partial charge in [0, 0.05) is 19.5 Å². The topological polar surface area (TPSA) is 75.7 Å². The van der Waals surface area contributed by atoms with Crippen LogP contribution in [0.4, 0.5) is 0 Å². The number of nitrogens with zero attached hydrogens (tertiary/aromatic N) is 1. The summed E-state index contributed by atoms with van der Waals surface area (Å²) in [6.07, 6.45) is 0.132. The number of morpholine rings is 1. The van der Waals surface area contributed by atoms with Crippen LogP contribution in [0.15, 0.2) is 23.1 Å². The van der Waals surface area contributed by atoms with Gasteiger partial charge in [-0.1, -0.05) is 6.07 Å². The second-order valence-corrected chi connectivity index (χ2v) is 8.57. The van der Waals surface area contributed by atoms with Crippen LogP contribution in [0.5, 0.6) is 0 Å². The highest BCUT2D eigenvalue weighted by Gasteiger charge is 2.33. The molecule has 0 unspecified atom stereocenters. The van der Waals surface area contributed by atoms with E-state index in [9.17, 15) is 13.2 Å². The van der Waals surface area contributed by atoms with Crippen LogP contribution in [0.25, 0.3) is 0 Å². The fourth-order valence-electron chi connectivity index (χ4n) is 2.71. The Hall–Kier alpha value is -1.44. The summed E-state index contributed by atoms with van der Waals surface area (Å²) in [6.45, 7) is 9.33. The zero-order valence-electron chi connectivity index (χ0n) is 14.8. The Morgan fingerprint density at radius 2 is 2.00 bits per heavy atom. The van der Waals surface area contributed by atoms with Crippen molar-refractivity contribution in [3.05, 3.63) is 29.3 Å². The fraction of sp³-hybridized carbons (Fsp3) is 0.588. The van der Waals surface area contributed by atoms with E-state index < -0.39 is 10.0 Å². The van der Waals surface area contributed by atoms with Gasteiger partial charge in [-0.2, -0.15) is 0 Å². The van der Waals surface area contributed by atoms with E-state index in [0.29, 0.717) is 19.8 Å². The Balaban J connectivity index is 1.95. The van der Waals surface area contributed by atoms with E-state index in [1.807, 2.05) is 27.7 Å². The standard InChI is InChI=1S/C17H26N2O4S/c1-13-5-6-15(11-14(13)2)24(21,22)18-8-7-16(20)19-9-10-23-12-17(19,3)4/h5-6,11,18H,7-10,12H2,1-4H3. The van der Waals surface area contributed by atoms with Gasteiger partial charge in [0.05, 0.1) is 23.6 Å². The highest BCUT2D eigenvalue weighted by molar-refractivity contribution is 7.89. The average Bonchev–Trinajstić information content (AvgIpc) is 2.49. The molecule has 2 rings (SSSR count). The molecule has 1 saturated heterocycles. The molecule has 7 heteroatoms. The monoisotopic (exact) mass is 354 g/mol. The molecular weight excluding hydrogens is 328 g/mol. The van der Waals surface area contributed by atoms with Crippen molar-refractivity contribution >= 4 is 15.9 Å². The average molecular weight is 354 g/mol. The van der Waals surface area contributed by atoms with Crippen molar-refractivity contribution in [1.82, 2.24) is 9.62 Å². The third kappa shape index (κ3) is 4.34. The lowest BCUT2D eigenvalue weighted by Gasteiger charge is -2.42. The van der Waals surface area contributed by atoms with Gasteiger partial charge in [0.2, 0.25) is 15.9 Å². The molecule has 134 valence electrons. The van der Waals surface area contributed by atoms with Crippen molar-refractivity contribution in [2.45, 2.75) is 44.6 Å². The number of aryl methyl sites for hydroxylation is 2. The van der Waals surface area contributed by atoms with Gasteiger partial charge in [0.1, 0.15) is 0 Å². The molecule has 0 bridgehead atoms. The summed E-state index contributed by atoms with van der Waals surface area (Å²) in [5.74, 6) is -0.0638. The van der Waals surface area contributed by atoms with Crippen LogP contribution in [0.1, 0.15) is 31.4 Å². The summed E-state index contributed by atoms with van der Waals surface area (Å²) in [4.78, 5) is 14.4. The molecule has 1 aromatic carbocycles. The van der Waals surface area contributed by atoms with Crippen molar-refractivity contribution in [2.75, 3.05) is 26.3 Å². The van der Waals surface area contributed by atoms with E-state index in [4.69, 9.17) is 4.74 Å². The smallest absolute Gasteiger partial charge is 0.240 e. The van der Waals surface area contributed by atoms with Crippen LogP contribution in [-0.2, 0) is 19.6 Å². The first kappa shape index (κ1) is 18.9. The van der Waals surface area contributed by atoms with Gasteiger partial charge >= 0.3 is 0 Å². The number of hydrogen-bond acceptors (Lipinski definition) is 4. The van der Waals surface area contributed by atoms with E-state index in [0.717, 1.165) is 11.1 Å². The van der Waals surface area contributed by atoms with Crippen LogP contribution in [-0.4, -0.2) is 51.1 Å². The molecule has 0 radical (unpaired) electrons. The number of carbonyl (C=O) groups is 1. The van der Waals surface area contributed by atoms with Gasteiger partial charge in [-0.25, -0.2) is 13.1 Å². The summed E-state index contributed by atoms with van der Waals surface area (Å²) in [7, 11) is -3.60. The lowest BCUT2D eigenvalue weighted by molar-refractivity contribution is -0.146. The van der Waals surface area contributed by atoms with E-state index in [1.165, 1.54) is 0 Å². The van der Waals surface area contributed by atoms with Crippen LogP contribution in [0, 0.1) is 13.8 Å². The third-order valence-electron chi connectivity index (χ3n) is 4.37. The van der Waals surface area contributed by atoms with Crippen LogP contribution in [0.2, 0.25) is 0 Å². The van der Waals surface area contributed by atoms with Gasteiger partial charge in [-0.05, 0) is 51.0 Å². The number of nitrogens with one attached hydrogen (secondary N) is 1. The Kier molecular flexibility index (Phi) is 5.67. The van der Waals surface area contributed by atoms with Gasteiger partial charge in [-0.3, -0.25) is 4.79 Å². The van der Waals surface area contributed by atoms with Crippen molar-refractivity contribution in [1.29, 1.82) is 0 Å². The molecule has 0 aliphatic carbocycles. The molecule has 0 spiro atoms. The Morgan fingerprint density at radius 1 is 1.29 bits per heavy atom. The number of carbonyl (C=O) groups excluding carboxylic acids is 1. The fourth-order valence-corrected chi connectivity index (χ4v) is 3.83. The molecule has 1 aliphatic rings. The normalized spacial score (nSPS) is 17.8. The molecular formula is C17H26N2O4S. The maximum absolute atomic E-state index is 12.4. The first-order chi connectivity index (χ1) is 11.1. The lowest BCUT2D eigenvalue weighted by Crippen LogP contribution is -2.55. The predicted molar refractivity (Wildman–Crippen MR) is 92.3 cm³/mol.